The van der Waals surface area contributed by atoms with Crippen LogP contribution in [0.4, 0.5) is 28.4 Å². The van der Waals surface area contributed by atoms with Gasteiger partial charge >= 0.3 is 0 Å². The van der Waals surface area contributed by atoms with Crippen LogP contribution in [0.3, 0.4) is 0 Å². The van der Waals surface area contributed by atoms with E-state index in [0.29, 0.717) is 77.5 Å². The normalized spacial score (nSPS) is 16.7. The summed E-state index contributed by atoms with van der Waals surface area (Å²) >= 11 is 0. The molecule has 5 aromatic carbocycles. The zero-order chi connectivity index (χ0) is 52.8. The molecule has 0 bridgehead atoms. The number of unbranched alkanes of at least 4 members (excludes halogenated alkanes) is 1. The fourth-order valence-electron chi connectivity index (χ4n) is 9.79. The molecule has 0 spiro atoms. The first-order valence-electron chi connectivity index (χ1n) is 24.7. The van der Waals surface area contributed by atoms with Crippen molar-refractivity contribution in [2.45, 2.75) is 77.0 Å². The Balaban J connectivity index is 0.895. The minimum absolute atomic E-state index is 0.0361. The number of fused-ring (bicyclic) bond motifs is 8. The topological polar surface area (TPSA) is 255 Å². The Morgan fingerprint density at radius 3 is 1.79 bits per heavy atom. The molecule has 9 rings (SSSR count). The van der Waals surface area contributed by atoms with Crippen LogP contribution in [0.2, 0.25) is 0 Å². The molecule has 4 aliphatic heterocycles. The number of rotatable bonds is 20. The number of nitrogens with one attached hydrogen (secondary N) is 6. The number of ketones is 1. The molecule has 0 saturated carbocycles. The highest BCUT2D eigenvalue weighted by molar-refractivity contribution is 6.13. The number of hydrogen-bond donors (Lipinski definition) is 7. The number of methoxy groups -OCH3 is 2. The molecule has 0 fully saturated rings. The van der Waals surface area contributed by atoms with Crippen LogP contribution < -0.4 is 60.6 Å². The second-order valence-electron chi connectivity index (χ2n) is 18.7. The zero-order valence-corrected chi connectivity index (χ0v) is 41.7. The van der Waals surface area contributed by atoms with Gasteiger partial charge in [-0.05, 0) is 97.3 Å². The van der Waals surface area contributed by atoms with Crippen LogP contribution in [0, 0.1) is 0 Å². The number of nitrogens with zero attached hydrogens (tertiary/aromatic N) is 2. The van der Waals surface area contributed by atoms with Crippen LogP contribution in [0.5, 0.6) is 23.0 Å². The van der Waals surface area contributed by atoms with Crippen molar-refractivity contribution in [1.82, 2.24) is 16.0 Å². The van der Waals surface area contributed by atoms with E-state index in [0.717, 1.165) is 28.9 Å². The van der Waals surface area contributed by atoms with Gasteiger partial charge in [0.1, 0.15) is 25.2 Å². The van der Waals surface area contributed by atoms with Crippen LogP contribution in [-0.2, 0) is 50.0 Å². The smallest absolute Gasteiger partial charge is 0.260 e. The molecule has 0 saturated heterocycles. The highest BCUT2D eigenvalue weighted by Gasteiger charge is 2.42. The van der Waals surface area contributed by atoms with Gasteiger partial charge in [0.2, 0.25) is 23.6 Å². The van der Waals surface area contributed by atoms with Gasteiger partial charge in [-0.2, -0.15) is 0 Å². The Hall–Kier alpha value is -8.65. The van der Waals surface area contributed by atoms with E-state index < -0.39 is 43.1 Å². The number of carbonyl (C=O) groups excluding carboxylic acids is 7. The Bertz CT molecular complexity index is 3070. The van der Waals surface area contributed by atoms with Gasteiger partial charge in [0, 0.05) is 48.6 Å². The van der Waals surface area contributed by atoms with Crippen LogP contribution in [-0.4, -0.2) is 105 Å². The van der Waals surface area contributed by atoms with Crippen molar-refractivity contribution in [2.75, 3.05) is 66.1 Å². The van der Waals surface area contributed by atoms with Crippen molar-refractivity contribution < 1.29 is 57.6 Å². The number of Topliss-reactive ketones (excluding diaryl/α,β-unsaturated/α-hetero) is 1. The molecule has 390 valence electrons. The number of benzene rings is 5. The number of para-hydroxylation sites is 2. The van der Waals surface area contributed by atoms with E-state index in [9.17, 15) is 38.7 Å². The van der Waals surface area contributed by atoms with Crippen LogP contribution in [0.15, 0.2) is 91.0 Å². The highest BCUT2D eigenvalue weighted by Crippen LogP contribution is 2.43. The summed E-state index contributed by atoms with van der Waals surface area (Å²) in [4.78, 5) is 93.1. The van der Waals surface area contributed by atoms with Crippen molar-refractivity contribution in [3.8, 4) is 23.0 Å². The minimum Gasteiger partial charge on any atom is -0.493 e. The molecular formula is C55H58N8O12. The number of amides is 6. The molecular weight excluding hydrogens is 965 g/mol. The Morgan fingerprint density at radius 2 is 1.16 bits per heavy atom. The van der Waals surface area contributed by atoms with E-state index in [1.54, 1.807) is 41.3 Å². The molecule has 0 radical (unpaired) electrons. The molecule has 0 aliphatic carbocycles. The first kappa shape index (κ1) is 51.3. The van der Waals surface area contributed by atoms with Crippen molar-refractivity contribution in [1.29, 1.82) is 0 Å². The third kappa shape index (κ3) is 11.6. The number of carbonyl (C=O) groups is 7. The molecule has 5 aromatic rings. The second-order valence-corrected chi connectivity index (χ2v) is 18.7. The monoisotopic (exact) mass is 1020 g/mol. The average molecular weight is 1020 g/mol. The van der Waals surface area contributed by atoms with E-state index in [-0.39, 0.29) is 72.8 Å². The molecule has 4 heterocycles. The molecule has 0 aromatic heterocycles. The lowest BCUT2D eigenvalue weighted by Crippen LogP contribution is -2.45. The average Bonchev–Trinajstić information content (AvgIpc) is 3.93. The largest absolute Gasteiger partial charge is 0.493 e. The first-order chi connectivity index (χ1) is 36.3. The van der Waals surface area contributed by atoms with Crippen LogP contribution in [0.1, 0.15) is 75.6 Å². The lowest BCUT2D eigenvalue weighted by Gasteiger charge is -2.26. The molecule has 4 aliphatic rings. The van der Waals surface area contributed by atoms with Gasteiger partial charge in [-0.15, -0.1) is 0 Å². The fourth-order valence-corrected chi connectivity index (χ4v) is 9.79. The van der Waals surface area contributed by atoms with Gasteiger partial charge in [-0.3, -0.25) is 28.8 Å². The van der Waals surface area contributed by atoms with Crippen LogP contribution in [0.25, 0.3) is 0 Å². The van der Waals surface area contributed by atoms with Gasteiger partial charge < -0.3 is 70.5 Å². The molecule has 3 atom stereocenters. The van der Waals surface area contributed by atoms with E-state index in [1.165, 1.54) is 21.1 Å². The lowest BCUT2D eigenvalue weighted by molar-refractivity contribution is -0.128. The molecule has 20 nitrogen and oxygen atoms in total. The van der Waals surface area contributed by atoms with Crippen molar-refractivity contribution in [3.63, 3.8) is 0 Å². The van der Waals surface area contributed by atoms with Gasteiger partial charge in [0.15, 0.2) is 23.0 Å². The number of aliphatic hydroxyl groups is 1. The predicted molar refractivity (Wildman–Crippen MR) is 278 cm³/mol. The number of anilines is 5. The summed E-state index contributed by atoms with van der Waals surface area (Å²) in [6.07, 6.45) is 1.70. The summed E-state index contributed by atoms with van der Waals surface area (Å²) in [7, 11) is 2.95. The molecule has 6 amide bonds. The minimum atomic E-state index is -1.10. The summed E-state index contributed by atoms with van der Waals surface area (Å²) in [5.41, 5.74) is 6.81. The van der Waals surface area contributed by atoms with Gasteiger partial charge in [-0.25, -0.2) is 0 Å². The van der Waals surface area contributed by atoms with E-state index in [1.807, 2.05) is 59.5 Å². The van der Waals surface area contributed by atoms with Gasteiger partial charge in [0.05, 0.1) is 68.4 Å². The van der Waals surface area contributed by atoms with Crippen molar-refractivity contribution >= 4 is 69.7 Å². The molecule has 7 N–H and O–H groups in total. The molecule has 75 heavy (non-hydrogen) atoms. The SMILES string of the molecule is COc1cc2c(cc1OCc1cc(COc3cc4c(cc3OC)C(=O)N3c5ccccc5C[C@H]3C(O)N4)cc(NC(=O)CNC(=O)CNC(=O)CNC(=O)CCCCC(C)=O)c1)NC[C@@H]1Cc3ccccc3N1C2=O. The Labute approximate surface area is 432 Å². The van der Waals surface area contributed by atoms with E-state index >= 15 is 0 Å². The maximum atomic E-state index is 14.1. The van der Waals surface area contributed by atoms with Gasteiger partial charge in [-0.1, -0.05) is 36.4 Å². The summed E-state index contributed by atoms with van der Waals surface area (Å²) < 4.78 is 24.2. The summed E-state index contributed by atoms with van der Waals surface area (Å²) in [5, 5.41) is 28.1. The summed E-state index contributed by atoms with van der Waals surface area (Å²) in [6.45, 7) is 0.646. The van der Waals surface area contributed by atoms with Crippen LogP contribution >= 0.6 is 0 Å². The zero-order valence-electron chi connectivity index (χ0n) is 41.7. The van der Waals surface area contributed by atoms with E-state index in [4.69, 9.17) is 18.9 Å². The second kappa shape index (κ2) is 22.6. The number of ether oxygens (including phenoxy) is 4. The third-order valence-corrected chi connectivity index (χ3v) is 13.4. The Morgan fingerprint density at radius 1 is 0.627 bits per heavy atom. The fraction of sp³-hybridized carbons (Fsp3) is 0.327. The maximum absolute atomic E-state index is 14.1. The summed E-state index contributed by atoms with van der Waals surface area (Å²) in [5.74, 6) is -1.41. The first-order valence-corrected chi connectivity index (χ1v) is 24.7. The standard InChI is InChI=1S/C55H58N8O12/c1-31(64)10-4-9-15-49(65)57-26-50(66)58-27-51(67)59-28-52(68)60-36-17-32(29-74-47-23-40-38(21-45(47)72-2)54(70)62-37(25-56-40)19-34-11-5-7-13-42(34)62)16-33(18-36)30-75-48-24-41-39(22-46(48)73-3)55(71)63-43-14-8-6-12-35(43)20-44(63)53(69)61-41/h5-8,11-14,16-18,21-24,37,44,53,56,61,69H,4,9-10,15,19-20,25-30H2,1-3H3,(H,57,65)(H,58,66)(H,59,67)(H,60,68)/t37-,44-,53?/m0/s1. The number of hydrogen-bond acceptors (Lipinski definition) is 14. The predicted octanol–water partition coefficient (Wildman–Crippen LogP) is 4.61. The number of aliphatic hydroxyl groups excluding tert-OH is 1. The highest BCUT2D eigenvalue weighted by atomic mass is 16.5. The maximum Gasteiger partial charge on any atom is 0.260 e. The van der Waals surface area contributed by atoms with E-state index in [2.05, 4.69) is 31.9 Å². The molecule has 1 unspecified atom stereocenters. The Kier molecular flexibility index (Phi) is 15.5. The molecule has 20 heteroatoms. The third-order valence-electron chi connectivity index (χ3n) is 13.4. The van der Waals surface area contributed by atoms with Gasteiger partial charge in [0.25, 0.3) is 11.8 Å². The lowest BCUT2D eigenvalue weighted by atomic mass is 10.1. The quantitative estimate of drug-likeness (QED) is 0.0526. The summed E-state index contributed by atoms with van der Waals surface area (Å²) in [6, 6.07) is 26.6. The van der Waals surface area contributed by atoms with Crippen molar-refractivity contribution in [3.05, 3.63) is 124 Å². The van der Waals surface area contributed by atoms with Crippen molar-refractivity contribution in [2.24, 2.45) is 0 Å².